The van der Waals surface area contributed by atoms with Crippen LogP contribution in [0.25, 0.3) is 0 Å². The highest BCUT2D eigenvalue weighted by molar-refractivity contribution is 5.98. The first-order chi connectivity index (χ1) is 13.5. The Balaban J connectivity index is 1.71. The minimum atomic E-state index is -1.20. The molecule has 3 rings (SSSR count). The molecule has 0 radical (unpaired) electrons. The van der Waals surface area contributed by atoms with Crippen molar-refractivity contribution in [1.82, 2.24) is 0 Å². The number of non-ortho nitro benzene ring substituents is 1. The number of nitrogens with zero attached hydrogens (tertiary/aromatic N) is 1. The van der Waals surface area contributed by atoms with Crippen molar-refractivity contribution in [2.24, 2.45) is 0 Å². The molecule has 7 nitrogen and oxygen atoms in total. The van der Waals surface area contributed by atoms with Gasteiger partial charge in [0.2, 0.25) is 0 Å². The molecule has 0 heterocycles. The van der Waals surface area contributed by atoms with E-state index in [-0.39, 0.29) is 18.0 Å². The molecule has 1 amide bonds. The summed E-state index contributed by atoms with van der Waals surface area (Å²) in [7, 11) is 0. The van der Waals surface area contributed by atoms with Crippen LogP contribution in [0, 0.1) is 10.1 Å². The van der Waals surface area contributed by atoms with Crippen LogP contribution in [0.5, 0.6) is 0 Å². The number of nitro benzene ring substituents is 1. The van der Waals surface area contributed by atoms with Gasteiger partial charge in [0, 0.05) is 17.8 Å². The van der Waals surface area contributed by atoms with Crippen LogP contribution in [0.1, 0.15) is 37.7 Å². The van der Waals surface area contributed by atoms with Gasteiger partial charge < -0.3 is 10.1 Å². The maximum Gasteiger partial charge on any atom is 0.311 e. The fourth-order valence-corrected chi connectivity index (χ4v) is 3.43. The first kappa shape index (κ1) is 19.5. The van der Waals surface area contributed by atoms with E-state index in [0.29, 0.717) is 18.5 Å². The molecule has 1 fully saturated rings. The van der Waals surface area contributed by atoms with Gasteiger partial charge in [-0.3, -0.25) is 19.7 Å². The van der Waals surface area contributed by atoms with Crippen LogP contribution in [0.3, 0.4) is 0 Å². The number of rotatable bonds is 6. The van der Waals surface area contributed by atoms with Crippen LogP contribution in [0.2, 0.25) is 0 Å². The van der Waals surface area contributed by atoms with Crippen LogP contribution in [0.15, 0.2) is 54.6 Å². The molecule has 0 aliphatic heterocycles. The molecule has 2 aromatic carbocycles. The smallest absolute Gasteiger partial charge is 0.311 e. The SMILES string of the molecule is O=C(Cc1ccccc1)OC1(C(=O)Nc2ccc([N+](=O)[O-])cc2)CCCCC1. The van der Waals surface area contributed by atoms with Crippen molar-refractivity contribution >= 4 is 23.3 Å². The van der Waals surface area contributed by atoms with Crippen molar-refractivity contribution in [1.29, 1.82) is 0 Å². The van der Waals surface area contributed by atoms with E-state index < -0.39 is 16.5 Å². The normalized spacial score (nSPS) is 15.4. The van der Waals surface area contributed by atoms with Gasteiger partial charge in [-0.2, -0.15) is 0 Å². The summed E-state index contributed by atoms with van der Waals surface area (Å²) in [4.78, 5) is 35.7. The summed E-state index contributed by atoms with van der Waals surface area (Å²) in [6, 6.07) is 14.8. The van der Waals surface area contributed by atoms with Crippen molar-refractivity contribution in [2.45, 2.75) is 44.1 Å². The molecule has 1 saturated carbocycles. The predicted molar refractivity (Wildman–Crippen MR) is 104 cm³/mol. The van der Waals surface area contributed by atoms with Gasteiger partial charge in [-0.05, 0) is 43.4 Å². The molecule has 0 bridgehead atoms. The second-order valence-electron chi connectivity index (χ2n) is 6.95. The van der Waals surface area contributed by atoms with Crippen molar-refractivity contribution in [3.63, 3.8) is 0 Å². The van der Waals surface area contributed by atoms with E-state index >= 15 is 0 Å². The third-order valence-electron chi connectivity index (χ3n) is 4.91. The van der Waals surface area contributed by atoms with E-state index in [0.717, 1.165) is 24.8 Å². The molecule has 0 atom stereocenters. The lowest BCUT2D eigenvalue weighted by atomic mass is 9.83. The van der Waals surface area contributed by atoms with Crippen molar-refractivity contribution in [2.75, 3.05) is 5.32 Å². The Morgan fingerprint density at radius 3 is 2.25 bits per heavy atom. The number of nitro groups is 1. The average Bonchev–Trinajstić information content (AvgIpc) is 2.69. The standard InChI is InChI=1S/C21H22N2O5/c24-19(15-16-7-3-1-4-8-16)28-21(13-5-2-6-14-21)20(25)22-17-9-11-18(12-10-17)23(26)27/h1,3-4,7-12H,2,5-6,13-15H2,(H,22,25). The molecule has 0 aromatic heterocycles. The lowest BCUT2D eigenvalue weighted by Gasteiger charge is -2.35. The summed E-state index contributed by atoms with van der Waals surface area (Å²) in [6.07, 6.45) is 3.62. The fourth-order valence-electron chi connectivity index (χ4n) is 3.43. The molecule has 146 valence electrons. The summed E-state index contributed by atoms with van der Waals surface area (Å²) < 4.78 is 5.72. The maximum absolute atomic E-state index is 13.0. The number of carbonyl (C=O) groups is 2. The van der Waals surface area contributed by atoms with Crippen LogP contribution in [0.4, 0.5) is 11.4 Å². The number of carbonyl (C=O) groups excluding carboxylic acids is 2. The van der Waals surface area contributed by atoms with E-state index in [1.54, 1.807) is 0 Å². The molecular formula is C21H22N2O5. The summed E-state index contributed by atoms with van der Waals surface area (Å²) >= 11 is 0. The van der Waals surface area contributed by atoms with Gasteiger partial charge in [0.1, 0.15) is 0 Å². The topological polar surface area (TPSA) is 98.5 Å². The van der Waals surface area contributed by atoms with Crippen LogP contribution >= 0.6 is 0 Å². The Bertz CT molecular complexity index is 843. The molecule has 1 aliphatic rings. The van der Waals surface area contributed by atoms with Gasteiger partial charge in [0.05, 0.1) is 11.3 Å². The summed E-state index contributed by atoms with van der Waals surface area (Å²) in [5, 5.41) is 13.5. The van der Waals surface area contributed by atoms with Crippen LogP contribution in [-0.2, 0) is 20.7 Å². The van der Waals surface area contributed by atoms with Crippen molar-refractivity contribution < 1.29 is 19.2 Å². The zero-order valence-corrected chi connectivity index (χ0v) is 15.4. The van der Waals surface area contributed by atoms with E-state index in [1.807, 2.05) is 30.3 Å². The highest BCUT2D eigenvalue weighted by Crippen LogP contribution is 2.33. The molecule has 0 spiro atoms. The van der Waals surface area contributed by atoms with E-state index in [1.165, 1.54) is 24.3 Å². The number of amides is 1. The predicted octanol–water partition coefficient (Wildman–Crippen LogP) is 4.02. The third-order valence-corrected chi connectivity index (χ3v) is 4.91. The molecular weight excluding hydrogens is 360 g/mol. The van der Waals surface area contributed by atoms with Crippen LogP contribution < -0.4 is 5.32 Å². The molecule has 7 heteroatoms. The maximum atomic E-state index is 13.0. The minimum absolute atomic E-state index is 0.0559. The van der Waals surface area contributed by atoms with Gasteiger partial charge in [-0.25, -0.2) is 0 Å². The largest absolute Gasteiger partial charge is 0.449 e. The van der Waals surface area contributed by atoms with E-state index in [2.05, 4.69) is 5.32 Å². The minimum Gasteiger partial charge on any atom is -0.449 e. The number of anilines is 1. The Kier molecular flexibility index (Phi) is 6.03. The van der Waals surface area contributed by atoms with Gasteiger partial charge in [0.25, 0.3) is 11.6 Å². The molecule has 28 heavy (non-hydrogen) atoms. The van der Waals surface area contributed by atoms with E-state index in [4.69, 9.17) is 4.74 Å². The summed E-state index contributed by atoms with van der Waals surface area (Å²) in [6.45, 7) is 0. The fraction of sp³-hybridized carbons (Fsp3) is 0.333. The van der Waals surface area contributed by atoms with Gasteiger partial charge in [-0.15, -0.1) is 0 Å². The number of hydrogen-bond acceptors (Lipinski definition) is 5. The van der Waals surface area contributed by atoms with Gasteiger partial charge in [-0.1, -0.05) is 36.8 Å². The van der Waals surface area contributed by atoms with Gasteiger partial charge in [0.15, 0.2) is 5.60 Å². The quantitative estimate of drug-likeness (QED) is 0.462. The number of esters is 1. The molecule has 2 aromatic rings. The second kappa shape index (κ2) is 8.65. The number of ether oxygens (including phenoxy) is 1. The number of hydrogen-bond donors (Lipinski definition) is 1. The monoisotopic (exact) mass is 382 g/mol. The molecule has 0 saturated heterocycles. The molecule has 1 aliphatic carbocycles. The highest BCUT2D eigenvalue weighted by atomic mass is 16.6. The number of nitrogens with one attached hydrogen (secondary N) is 1. The first-order valence-electron chi connectivity index (χ1n) is 9.30. The van der Waals surface area contributed by atoms with E-state index in [9.17, 15) is 19.7 Å². The average molecular weight is 382 g/mol. The summed E-state index contributed by atoms with van der Waals surface area (Å²) in [5.74, 6) is -0.825. The molecule has 0 unspecified atom stereocenters. The first-order valence-corrected chi connectivity index (χ1v) is 9.30. The highest BCUT2D eigenvalue weighted by Gasteiger charge is 2.43. The second-order valence-corrected chi connectivity index (χ2v) is 6.95. The lowest BCUT2D eigenvalue weighted by Crippen LogP contribution is -2.48. The Hall–Kier alpha value is -3.22. The van der Waals surface area contributed by atoms with Crippen LogP contribution in [-0.4, -0.2) is 22.4 Å². The Labute approximate surface area is 162 Å². The van der Waals surface area contributed by atoms with Gasteiger partial charge >= 0.3 is 5.97 Å². The Morgan fingerprint density at radius 2 is 1.64 bits per heavy atom. The third kappa shape index (κ3) is 4.73. The van der Waals surface area contributed by atoms with Crippen molar-refractivity contribution in [3.05, 3.63) is 70.3 Å². The summed E-state index contributed by atoms with van der Waals surface area (Å²) in [5.41, 5.74) is -0.000120. The molecule has 1 N–H and O–H groups in total. The van der Waals surface area contributed by atoms with Crippen molar-refractivity contribution in [3.8, 4) is 0 Å². The Morgan fingerprint density at radius 1 is 1.00 bits per heavy atom. The zero-order valence-electron chi connectivity index (χ0n) is 15.4. The lowest BCUT2D eigenvalue weighted by molar-refractivity contribution is -0.384. The zero-order chi connectivity index (χ0) is 20.0. The number of benzene rings is 2.